The van der Waals surface area contributed by atoms with Crippen LogP contribution in [0.4, 0.5) is 0 Å². The smallest absolute Gasteiger partial charge is 0.263 e. The van der Waals surface area contributed by atoms with Crippen molar-refractivity contribution in [3.05, 3.63) is 83.4 Å². The summed E-state index contributed by atoms with van der Waals surface area (Å²) in [5.74, 6) is -0.477. The van der Waals surface area contributed by atoms with Crippen LogP contribution in [-0.2, 0) is 16.2 Å². The molecule has 1 aliphatic rings. The maximum Gasteiger partial charge on any atom is 0.263 e. The normalized spacial score (nSPS) is 13.9. The highest BCUT2D eigenvalue weighted by Gasteiger charge is 2.26. The molecule has 6 heteroatoms. The molecule has 5 nitrogen and oxygen atoms in total. The lowest BCUT2D eigenvalue weighted by molar-refractivity contribution is -0.123. The van der Waals surface area contributed by atoms with Gasteiger partial charge in [-0.05, 0) is 40.7 Å². The Morgan fingerprint density at radius 1 is 0.857 bits per heavy atom. The summed E-state index contributed by atoms with van der Waals surface area (Å²) in [4.78, 5) is 24.6. The Kier molecular flexibility index (Phi) is 4.87. The van der Waals surface area contributed by atoms with E-state index in [1.54, 1.807) is 6.08 Å². The number of benzene rings is 3. The van der Waals surface area contributed by atoms with Gasteiger partial charge in [-0.1, -0.05) is 60.7 Å². The molecular weight excluding hydrogens is 372 g/mol. The molecule has 0 aliphatic carbocycles. The van der Waals surface area contributed by atoms with Gasteiger partial charge < -0.3 is 4.74 Å². The third-order valence-electron chi connectivity index (χ3n) is 4.40. The summed E-state index contributed by atoms with van der Waals surface area (Å²) in [7, 11) is 0. The molecule has 0 spiro atoms. The van der Waals surface area contributed by atoms with E-state index in [1.807, 2.05) is 66.7 Å². The second-order valence-corrected chi connectivity index (χ2v) is 6.68. The van der Waals surface area contributed by atoms with Crippen LogP contribution in [0.5, 0.6) is 5.75 Å². The highest BCUT2D eigenvalue weighted by molar-refractivity contribution is 7.80. The molecule has 1 fully saturated rings. The molecular formula is C22H16N2O3S. The minimum atomic E-state index is -0.532. The van der Waals surface area contributed by atoms with E-state index in [-0.39, 0.29) is 10.7 Å². The van der Waals surface area contributed by atoms with Gasteiger partial charge in [-0.15, -0.1) is 0 Å². The minimum Gasteiger partial charge on any atom is -0.488 e. The first-order chi connectivity index (χ1) is 13.6. The van der Waals surface area contributed by atoms with Gasteiger partial charge in [0, 0.05) is 5.56 Å². The Bertz CT molecular complexity index is 1100. The molecule has 28 heavy (non-hydrogen) atoms. The van der Waals surface area contributed by atoms with E-state index in [0.717, 1.165) is 16.3 Å². The number of thiocarbonyl (C=S) groups is 1. The van der Waals surface area contributed by atoms with Gasteiger partial charge in [-0.25, -0.2) is 0 Å². The maximum atomic E-state index is 12.3. The van der Waals surface area contributed by atoms with Gasteiger partial charge >= 0.3 is 0 Å². The van der Waals surface area contributed by atoms with Crippen molar-refractivity contribution in [1.82, 2.24) is 10.6 Å². The SMILES string of the molecule is O=C1NC(=S)NC(=O)C1=Cc1c(OCc2ccccc2)ccc2ccccc12. The second-order valence-electron chi connectivity index (χ2n) is 6.27. The van der Waals surface area contributed by atoms with Gasteiger partial charge in [0.15, 0.2) is 5.11 Å². The van der Waals surface area contributed by atoms with Gasteiger partial charge in [0.2, 0.25) is 0 Å². The van der Waals surface area contributed by atoms with Crippen LogP contribution in [0.2, 0.25) is 0 Å². The summed E-state index contributed by atoms with van der Waals surface area (Å²) >= 11 is 4.86. The fourth-order valence-corrected chi connectivity index (χ4v) is 3.22. The molecule has 0 unspecified atom stereocenters. The summed E-state index contributed by atoms with van der Waals surface area (Å²) in [6.45, 7) is 0.373. The zero-order chi connectivity index (χ0) is 19.5. The van der Waals surface area contributed by atoms with E-state index < -0.39 is 11.8 Å². The lowest BCUT2D eigenvalue weighted by Crippen LogP contribution is -2.51. The van der Waals surface area contributed by atoms with Gasteiger partial charge in [0.1, 0.15) is 17.9 Å². The number of carbonyl (C=O) groups is 2. The standard InChI is InChI=1S/C22H16N2O3S/c25-20-18(21(26)24-22(28)23-20)12-17-16-9-5-4-8-15(16)10-11-19(17)27-13-14-6-2-1-3-7-14/h1-12H,13H2,(H2,23,24,25,26,28). The molecule has 0 radical (unpaired) electrons. The van der Waals surface area contributed by atoms with Crippen molar-refractivity contribution in [1.29, 1.82) is 0 Å². The third-order valence-corrected chi connectivity index (χ3v) is 4.60. The molecule has 0 bridgehead atoms. The van der Waals surface area contributed by atoms with Crippen LogP contribution in [0.25, 0.3) is 16.8 Å². The molecule has 0 atom stereocenters. The Balaban J connectivity index is 1.78. The fraction of sp³-hybridized carbons (Fsp3) is 0.0455. The van der Waals surface area contributed by atoms with Crippen LogP contribution in [0, 0.1) is 0 Å². The zero-order valence-electron chi connectivity index (χ0n) is 14.8. The van der Waals surface area contributed by atoms with Crippen LogP contribution < -0.4 is 15.4 Å². The molecule has 1 aliphatic heterocycles. The second kappa shape index (κ2) is 7.62. The van der Waals surface area contributed by atoms with E-state index in [2.05, 4.69) is 10.6 Å². The number of nitrogens with one attached hydrogen (secondary N) is 2. The number of fused-ring (bicyclic) bond motifs is 1. The largest absolute Gasteiger partial charge is 0.488 e. The summed E-state index contributed by atoms with van der Waals surface area (Å²) in [6.07, 6.45) is 1.55. The Morgan fingerprint density at radius 2 is 1.54 bits per heavy atom. The number of ether oxygens (including phenoxy) is 1. The molecule has 1 saturated heterocycles. The number of amides is 2. The van der Waals surface area contributed by atoms with E-state index in [1.165, 1.54) is 0 Å². The first kappa shape index (κ1) is 17.9. The Morgan fingerprint density at radius 3 is 2.29 bits per heavy atom. The van der Waals surface area contributed by atoms with Crippen molar-refractivity contribution in [2.45, 2.75) is 6.61 Å². The van der Waals surface area contributed by atoms with Gasteiger partial charge in [0.05, 0.1) is 0 Å². The predicted molar refractivity (Wildman–Crippen MR) is 112 cm³/mol. The van der Waals surface area contributed by atoms with Crippen molar-refractivity contribution in [2.24, 2.45) is 0 Å². The lowest BCUT2D eigenvalue weighted by Gasteiger charge is -2.18. The average molecular weight is 388 g/mol. The molecule has 3 aromatic rings. The number of hydrogen-bond donors (Lipinski definition) is 2. The average Bonchev–Trinajstić information content (AvgIpc) is 2.70. The number of hydrogen-bond acceptors (Lipinski definition) is 4. The van der Waals surface area contributed by atoms with Crippen LogP contribution in [0.3, 0.4) is 0 Å². The third kappa shape index (κ3) is 3.63. The van der Waals surface area contributed by atoms with E-state index in [0.29, 0.717) is 17.9 Å². The zero-order valence-corrected chi connectivity index (χ0v) is 15.6. The van der Waals surface area contributed by atoms with E-state index in [4.69, 9.17) is 17.0 Å². The van der Waals surface area contributed by atoms with Crippen molar-refractivity contribution in [3.8, 4) is 5.75 Å². The summed E-state index contributed by atoms with van der Waals surface area (Å²) in [5.41, 5.74) is 1.67. The van der Waals surface area contributed by atoms with Crippen molar-refractivity contribution < 1.29 is 14.3 Å². The quantitative estimate of drug-likeness (QED) is 0.409. The van der Waals surface area contributed by atoms with Crippen LogP contribution >= 0.6 is 12.2 Å². The summed E-state index contributed by atoms with van der Waals surface area (Å²) in [6, 6.07) is 21.3. The first-order valence-electron chi connectivity index (χ1n) is 8.68. The topological polar surface area (TPSA) is 67.4 Å². The maximum absolute atomic E-state index is 12.3. The fourth-order valence-electron chi connectivity index (χ4n) is 3.04. The molecule has 0 saturated carbocycles. The molecule has 4 rings (SSSR count). The van der Waals surface area contributed by atoms with Crippen LogP contribution in [0.1, 0.15) is 11.1 Å². The molecule has 3 aromatic carbocycles. The monoisotopic (exact) mass is 388 g/mol. The Labute approximate surface area is 167 Å². The van der Waals surface area contributed by atoms with Gasteiger partial charge in [-0.2, -0.15) is 0 Å². The first-order valence-corrected chi connectivity index (χ1v) is 9.09. The lowest BCUT2D eigenvalue weighted by atomic mass is 10.00. The molecule has 2 amide bonds. The molecule has 0 aromatic heterocycles. The summed E-state index contributed by atoms with van der Waals surface area (Å²) < 4.78 is 6.03. The molecule has 1 heterocycles. The van der Waals surface area contributed by atoms with Crippen molar-refractivity contribution in [3.63, 3.8) is 0 Å². The number of carbonyl (C=O) groups excluding carboxylic acids is 2. The summed E-state index contributed by atoms with van der Waals surface area (Å²) in [5, 5.41) is 6.78. The van der Waals surface area contributed by atoms with Gasteiger partial charge in [0.25, 0.3) is 11.8 Å². The highest BCUT2D eigenvalue weighted by atomic mass is 32.1. The minimum absolute atomic E-state index is 0.00520. The van der Waals surface area contributed by atoms with Crippen LogP contribution in [0.15, 0.2) is 72.3 Å². The van der Waals surface area contributed by atoms with Crippen LogP contribution in [-0.4, -0.2) is 16.9 Å². The van der Waals surface area contributed by atoms with E-state index in [9.17, 15) is 9.59 Å². The molecule has 138 valence electrons. The van der Waals surface area contributed by atoms with Crippen molar-refractivity contribution >= 4 is 46.0 Å². The van der Waals surface area contributed by atoms with E-state index >= 15 is 0 Å². The Hall–Kier alpha value is -3.51. The molecule has 2 N–H and O–H groups in total. The highest BCUT2D eigenvalue weighted by Crippen LogP contribution is 2.31. The predicted octanol–water partition coefficient (Wildman–Crippen LogP) is 3.33. The number of rotatable bonds is 4. The van der Waals surface area contributed by atoms with Gasteiger partial charge in [-0.3, -0.25) is 20.2 Å². The van der Waals surface area contributed by atoms with Crippen molar-refractivity contribution in [2.75, 3.05) is 0 Å².